The van der Waals surface area contributed by atoms with Gasteiger partial charge in [0.1, 0.15) is 5.75 Å². The summed E-state index contributed by atoms with van der Waals surface area (Å²) in [7, 11) is 0. The summed E-state index contributed by atoms with van der Waals surface area (Å²) in [5.74, 6) is 1.08. The van der Waals surface area contributed by atoms with E-state index in [1.807, 2.05) is 31.2 Å². The lowest BCUT2D eigenvalue weighted by atomic mass is 10.2. The maximum atomic E-state index is 11.9. The van der Waals surface area contributed by atoms with Crippen LogP contribution >= 0.6 is 0 Å². The van der Waals surface area contributed by atoms with E-state index in [2.05, 4.69) is 20.0 Å². The van der Waals surface area contributed by atoms with Crippen LogP contribution in [-0.2, 0) is 11.2 Å². The molecule has 0 aliphatic heterocycles. The fourth-order valence-electron chi connectivity index (χ4n) is 1.69. The average Bonchev–Trinajstić information content (AvgIpc) is 2.91. The van der Waals surface area contributed by atoms with E-state index in [0.717, 1.165) is 5.56 Å². The van der Waals surface area contributed by atoms with Crippen LogP contribution in [0.5, 0.6) is 5.75 Å². The van der Waals surface area contributed by atoms with Gasteiger partial charge in [0.05, 0.1) is 0 Å². The minimum Gasteiger partial charge on any atom is -0.481 e. The van der Waals surface area contributed by atoms with Crippen molar-refractivity contribution in [2.24, 2.45) is 0 Å². The molecular weight excluding hydrogens is 258 g/mol. The highest BCUT2D eigenvalue weighted by Gasteiger charge is 2.14. The summed E-state index contributed by atoms with van der Waals surface area (Å²) in [6.07, 6.45) is 1.24. The number of nitrogens with zero attached hydrogens (tertiary/aromatic N) is 2. The number of rotatable bonds is 6. The predicted molar refractivity (Wildman–Crippen MR) is 72.3 cm³/mol. The maximum absolute atomic E-state index is 11.9. The summed E-state index contributed by atoms with van der Waals surface area (Å²) < 4.78 is 10.2. The number of nitrogens with one attached hydrogen (secondary N) is 1. The normalized spacial score (nSPS) is 11.9. The van der Waals surface area contributed by atoms with E-state index in [1.165, 1.54) is 6.39 Å². The van der Waals surface area contributed by atoms with Crippen molar-refractivity contribution in [2.75, 3.05) is 6.54 Å². The SMILES string of the molecule is Cc1cccc(O[C@@H](C)C(=O)NCCc2ncon2)c1. The van der Waals surface area contributed by atoms with Gasteiger partial charge in [0.15, 0.2) is 11.9 Å². The molecular formula is C14H17N3O3. The molecule has 106 valence electrons. The van der Waals surface area contributed by atoms with Crippen LogP contribution in [-0.4, -0.2) is 28.7 Å². The Labute approximate surface area is 117 Å². The van der Waals surface area contributed by atoms with Crippen LogP contribution in [0.15, 0.2) is 35.2 Å². The average molecular weight is 275 g/mol. The molecule has 0 unspecified atom stereocenters. The van der Waals surface area contributed by atoms with Crippen LogP contribution in [0.2, 0.25) is 0 Å². The second-order valence-corrected chi connectivity index (χ2v) is 4.47. The van der Waals surface area contributed by atoms with E-state index in [9.17, 15) is 4.79 Å². The molecule has 1 heterocycles. The summed E-state index contributed by atoms with van der Waals surface area (Å²) in [6.45, 7) is 4.13. The Kier molecular flexibility index (Phi) is 4.70. The molecule has 0 aliphatic rings. The number of carbonyl (C=O) groups is 1. The molecule has 0 aliphatic carbocycles. The number of aromatic nitrogens is 2. The zero-order chi connectivity index (χ0) is 14.4. The zero-order valence-corrected chi connectivity index (χ0v) is 11.5. The van der Waals surface area contributed by atoms with Gasteiger partial charge in [-0.25, -0.2) is 0 Å². The van der Waals surface area contributed by atoms with Gasteiger partial charge in [-0.3, -0.25) is 4.79 Å². The maximum Gasteiger partial charge on any atom is 0.260 e. The monoisotopic (exact) mass is 275 g/mol. The van der Waals surface area contributed by atoms with Crippen molar-refractivity contribution in [1.29, 1.82) is 0 Å². The quantitative estimate of drug-likeness (QED) is 0.864. The highest BCUT2D eigenvalue weighted by Crippen LogP contribution is 2.14. The Morgan fingerprint density at radius 1 is 1.50 bits per heavy atom. The largest absolute Gasteiger partial charge is 0.481 e. The first-order valence-corrected chi connectivity index (χ1v) is 6.41. The molecule has 0 spiro atoms. The second-order valence-electron chi connectivity index (χ2n) is 4.47. The predicted octanol–water partition coefficient (Wildman–Crippen LogP) is 1.50. The number of aryl methyl sites for hydroxylation is 1. The third-order valence-electron chi connectivity index (χ3n) is 2.73. The van der Waals surface area contributed by atoms with Gasteiger partial charge in [-0.15, -0.1) is 0 Å². The third kappa shape index (κ3) is 4.08. The van der Waals surface area contributed by atoms with E-state index in [0.29, 0.717) is 24.5 Å². The molecule has 1 aromatic carbocycles. The van der Waals surface area contributed by atoms with Gasteiger partial charge in [0.2, 0.25) is 6.39 Å². The summed E-state index contributed by atoms with van der Waals surface area (Å²) in [6, 6.07) is 7.59. The van der Waals surface area contributed by atoms with Gasteiger partial charge in [-0.1, -0.05) is 17.3 Å². The number of amides is 1. The Hall–Kier alpha value is -2.37. The first-order chi connectivity index (χ1) is 9.65. The van der Waals surface area contributed by atoms with Crippen molar-refractivity contribution in [3.8, 4) is 5.75 Å². The molecule has 6 nitrogen and oxygen atoms in total. The van der Waals surface area contributed by atoms with Crippen molar-refractivity contribution >= 4 is 5.91 Å². The highest BCUT2D eigenvalue weighted by molar-refractivity contribution is 5.80. The van der Waals surface area contributed by atoms with Crippen LogP contribution in [0.4, 0.5) is 0 Å². The standard InChI is InChI=1S/C14H17N3O3/c1-10-4-3-5-12(8-10)20-11(2)14(18)15-7-6-13-16-9-19-17-13/h3-5,8-9,11H,6-7H2,1-2H3,(H,15,18)/t11-/m0/s1. The van der Waals surface area contributed by atoms with E-state index in [-0.39, 0.29) is 5.91 Å². The van der Waals surface area contributed by atoms with Crippen LogP contribution in [0.25, 0.3) is 0 Å². The number of ether oxygens (including phenoxy) is 1. The molecule has 0 bridgehead atoms. The molecule has 0 radical (unpaired) electrons. The first-order valence-electron chi connectivity index (χ1n) is 6.41. The fraction of sp³-hybridized carbons (Fsp3) is 0.357. The first kappa shape index (κ1) is 14.0. The van der Waals surface area contributed by atoms with Crippen molar-refractivity contribution in [3.63, 3.8) is 0 Å². The molecule has 0 saturated heterocycles. The minimum atomic E-state index is -0.554. The van der Waals surface area contributed by atoms with Gasteiger partial charge in [0, 0.05) is 13.0 Å². The van der Waals surface area contributed by atoms with Gasteiger partial charge >= 0.3 is 0 Å². The van der Waals surface area contributed by atoms with E-state index >= 15 is 0 Å². The molecule has 0 saturated carbocycles. The number of carbonyl (C=O) groups excluding carboxylic acids is 1. The highest BCUT2D eigenvalue weighted by atomic mass is 16.5. The molecule has 1 amide bonds. The lowest BCUT2D eigenvalue weighted by Gasteiger charge is -2.14. The number of benzene rings is 1. The second kappa shape index (κ2) is 6.70. The molecule has 20 heavy (non-hydrogen) atoms. The number of hydrogen-bond acceptors (Lipinski definition) is 5. The van der Waals surface area contributed by atoms with Crippen LogP contribution in [0.3, 0.4) is 0 Å². The zero-order valence-electron chi connectivity index (χ0n) is 11.5. The van der Waals surface area contributed by atoms with E-state index < -0.39 is 6.10 Å². The van der Waals surface area contributed by atoms with Gasteiger partial charge in [0.25, 0.3) is 5.91 Å². The minimum absolute atomic E-state index is 0.171. The lowest BCUT2D eigenvalue weighted by molar-refractivity contribution is -0.127. The Balaban J connectivity index is 1.77. The van der Waals surface area contributed by atoms with E-state index in [4.69, 9.17) is 4.74 Å². The molecule has 1 N–H and O–H groups in total. The molecule has 2 rings (SSSR count). The Morgan fingerprint density at radius 2 is 2.35 bits per heavy atom. The number of hydrogen-bond donors (Lipinski definition) is 1. The fourth-order valence-corrected chi connectivity index (χ4v) is 1.69. The van der Waals surface area contributed by atoms with Crippen molar-refractivity contribution in [1.82, 2.24) is 15.5 Å². The molecule has 1 aromatic heterocycles. The summed E-state index contributed by atoms with van der Waals surface area (Å²) in [4.78, 5) is 15.7. The van der Waals surface area contributed by atoms with Crippen LogP contribution < -0.4 is 10.1 Å². The molecule has 0 fully saturated rings. The van der Waals surface area contributed by atoms with Crippen LogP contribution in [0, 0.1) is 6.92 Å². The molecule has 2 aromatic rings. The summed E-state index contributed by atoms with van der Waals surface area (Å²) in [5, 5.41) is 6.44. The molecule has 1 atom stereocenters. The smallest absolute Gasteiger partial charge is 0.260 e. The van der Waals surface area contributed by atoms with E-state index in [1.54, 1.807) is 6.92 Å². The summed E-state index contributed by atoms with van der Waals surface area (Å²) in [5.41, 5.74) is 1.09. The van der Waals surface area contributed by atoms with Crippen molar-refractivity contribution in [2.45, 2.75) is 26.4 Å². The third-order valence-corrected chi connectivity index (χ3v) is 2.73. The topological polar surface area (TPSA) is 77.2 Å². The Morgan fingerprint density at radius 3 is 3.05 bits per heavy atom. The molecule has 6 heteroatoms. The lowest BCUT2D eigenvalue weighted by Crippen LogP contribution is -2.37. The summed E-state index contributed by atoms with van der Waals surface area (Å²) >= 11 is 0. The Bertz CT molecular complexity index is 555. The van der Waals surface area contributed by atoms with Crippen molar-refractivity contribution < 1.29 is 14.1 Å². The van der Waals surface area contributed by atoms with Crippen LogP contribution in [0.1, 0.15) is 18.3 Å². The van der Waals surface area contributed by atoms with Gasteiger partial charge < -0.3 is 14.6 Å². The van der Waals surface area contributed by atoms with Crippen molar-refractivity contribution in [3.05, 3.63) is 42.0 Å². The van der Waals surface area contributed by atoms with Gasteiger partial charge in [-0.05, 0) is 31.5 Å². The van der Waals surface area contributed by atoms with Gasteiger partial charge in [-0.2, -0.15) is 4.98 Å².